The average Bonchev–Trinajstić information content (AvgIpc) is 2.39. The number of nitrogens with two attached hydrogens (primary N) is 1. The molecule has 0 saturated carbocycles. The lowest BCUT2D eigenvalue weighted by Gasteiger charge is -2.27. The molecule has 1 fully saturated rings. The molecule has 1 heterocycles. The number of benzene rings is 1. The van der Waals surface area contributed by atoms with Crippen molar-refractivity contribution in [3.8, 4) is 0 Å². The van der Waals surface area contributed by atoms with Crippen LogP contribution in [0.2, 0.25) is 0 Å². The zero-order chi connectivity index (χ0) is 13.8. The molecule has 102 valence electrons. The number of nitrogens with zero attached hydrogens (tertiary/aromatic N) is 2. The van der Waals surface area contributed by atoms with E-state index in [9.17, 15) is 9.59 Å². The lowest BCUT2D eigenvalue weighted by atomic mass is 10.2. The summed E-state index contributed by atoms with van der Waals surface area (Å²) >= 11 is 0. The molecule has 6 nitrogen and oxygen atoms in total. The Hall–Kier alpha value is -2.08. The molecule has 3 N–H and O–H groups in total. The van der Waals surface area contributed by atoms with Crippen molar-refractivity contribution in [2.24, 2.45) is 0 Å². The quantitative estimate of drug-likeness (QED) is 0.731. The first kappa shape index (κ1) is 13.4. The summed E-state index contributed by atoms with van der Waals surface area (Å²) in [6.07, 6.45) is 0. The second-order valence-corrected chi connectivity index (χ2v) is 4.60. The van der Waals surface area contributed by atoms with Crippen LogP contribution in [0.25, 0.3) is 0 Å². The highest BCUT2D eigenvalue weighted by atomic mass is 16.2. The van der Waals surface area contributed by atoms with E-state index >= 15 is 0 Å². The predicted octanol–water partition coefficient (Wildman–Crippen LogP) is -0.337. The third-order valence-corrected chi connectivity index (χ3v) is 3.13. The summed E-state index contributed by atoms with van der Waals surface area (Å²) in [5.74, 6) is -0.0753. The minimum atomic E-state index is -0.0422. The van der Waals surface area contributed by atoms with Gasteiger partial charge < -0.3 is 16.0 Å². The Balaban J connectivity index is 1.95. The monoisotopic (exact) mass is 262 g/mol. The Morgan fingerprint density at radius 1 is 1.42 bits per heavy atom. The number of nitrogens with one attached hydrogen (secondary N) is 1. The van der Waals surface area contributed by atoms with Crippen LogP contribution in [0.4, 0.5) is 11.4 Å². The maximum Gasteiger partial charge on any atom is 0.240 e. The molecule has 1 aromatic rings. The topological polar surface area (TPSA) is 78.7 Å². The molecule has 2 amide bonds. The van der Waals surface area contributed by atoms with Gasteiger partial charge in [-0.05, 0) is 24.3 Å². The van der Waals surface area contributed by atoms with Crippen molar-refractivity contribution in [3.05, 3.63) is 24.3 Å². The Morgan fingerprint density at radius 2 is 2.11 bits per heavy atom. The highest BCUT2D eigenvalue weighted by Crippen LogP contribution is 2.15. The number of carbonyl (C=O) groups excluding carboxylic acids is 2. The van der Waals surface area contributed by atoms with E-state index in [4.69, 9.17) is 5.73 Å². The molecule has 0 radical (unpaired) electrons. The maximum atomic E-state index is 12.1. The molecule has 1 aromatic carbocycles. The molecule has 0 aliphatic carbocycles. The van der Waals surface area contributed by atoms with Gasteiger partial charge in [0, 0.05) is 31.5 Å². The van der Waals surface area contributed by atoms with Crippen LogP contribution in [-0.2, 0) is 9.59 Å². The van der Waals surface area contributed by atoms with Gasteiger partial charge in [-0.25, -0.2) is 0 Å². The summed E-state index contributed by atoms with van der Waals surface area (Å²) in [4.78, 5) is 26.8. The molecule has 0 unspecified atom stereocenters. The van der Waals surface area contributed by atoms with Gasteiger partial charge in [0.2, 0.25) is 11.8 Å². The summed E-state index contributed by atoms with van der Waals surface area (Å²) in [7, 11) is 1.72. The Labute approximate surface area is 112 Å². The molecule has 0 spiro atoms. The summed E-state index contributed by atoms with van der Waals surface area (Å²) in [6, 6.07) is 7.12. The highest BCUT2D eigenvalue weighted by molar-refractivity contribution is 5.94. The van der Waals surface area contributed by atoms with Crippen LogP contribution < -0.4 is 16.0 Å². The van der Waals surface area contributed by atoms with Gasteiger partial charge in [-0.15, -0.1) is 0 Å². The summed E-state index contributed by atoms with van der Waals surface area (Å²) < 4.78 is 0. The zero-order valence-electron chi connectivity index (χ0n) is 10.9. The summed E-state index contributed by atoms with van der Waals surface area (Å²) in [6.45, 7) is 1.82. The summed E-state index contributed by atoms with van der Waals surface area (Å²) in [5.41, 5.74) is 7.07. The summed E-state index contributed by atoms with van der Waals surface area (Å²) in [5, 5.41) is 2.73. The van der Waals surface area contributed by atoms with Crippen LogP contribution in [0.3, 0.4) is 0 Å². The smallest absolute Gasteiger partial charge is 0.240 e. The lowest BCUT2D eigenvalue weighted by Crippen LogP contribution is -2.50. The van der Waals surface area contributed by atoms with Crippen molar-refractivity contribution < 1.29 is 9.59 Å². The number of hydrogen-bond acceptors (Lipinski definition) is 4. The van der Waals surface area contributed by atoms with Crippen LogP contribution in [-0.4, -0.2) is 49.9 Å². The Morgan fingerprint density at radius 3 is 2.74 bits per heavy atom. The van der Waals surface area contributed by atoms with Crippen molar-refractivity contribution >= 4 is 23.2 Å². The number of hydrogen-bond donors (Lipinski definition) is 2. The number of likely N-dealkylation sites (N-methyl/N-ethyl adjacent to an activating group) is 1. The van der Waals surface area contributed by atoms with E-state index in [0.717, 1.165) is 5.69 Å². The van der Waals surface area contributed by atoms with Gasteiger partial charge in [-0.1, -0.05) is 0 Å². The molecule has 6 heteroatoms. The molecule has 1 saturated heterocycles. The van der Waals surface area contributed by atoms with Gasteiger partial charge in [0.1, 0.15) is 0 Å². The normalized spacial score (nSPS) is 15.9. The molecule has 19 heavy (non-hydrogen) atoms. The molecule has 0 aromatic heterocycles. The van der Waals surface area contributed by atoms with Crippen LogP contribution in [0.1, 0.15) is 0 Å². The van der Waals surface area contributed by atoms with E-state index in [1.165, 1.54) is 0 Å². The van der Waals surface area contributed by atoms with E-state index in [-0.39, 0.29) is 24.9 Å². The number of carbonyl (C=O) groups is 2. The number of amides is 2. The van der Waals surface area contributed by atoms with Gasteiger partial charge in [-0.3, -0.25) is 14.5 Å². The third-order valence-electron chi connectivity index (χ3n) is 3.13. The van der Waals surface area contributed by atoms with Crippen LogP contribution >= 0.6 is 0 Å². The molecule has 0 atom stereocenters. The maximum absolute atomic E-state index is 12.1. The molecule has 1 aliphatic heterocycles. The predicted molar refractivity (Wildman–Crippen MR) is 73.7 cm³/mol. The van der Waals surface area contributed by atoms with E-state index in [1.807, 2.05) is 4.90 Å². The molecular weight excluding hydrogens is 244 g/mol. The van der Waals surface area contributed by atoms with E-state index in [2.05, 4.69) is 5.32 Å². The number of rotatable bonds is 3. The van der Waals surface area contributed by atoms with Crippen molar-refractivity contribution in [2.75, 3.05) is 43.9 Å². The van der Waals surface area contributed by atoms with Gasteiger partial charge >= 0.3 is 0 Å². The largest absolute Gasteiger partial charge is 0.399 e. The number of piperazine rings is 1. The second-order valence-electron chi connectivity index (χ2n) is 4.60. The first-order valence-electron chi connectivity index (χ1n) is 6.17. The van der Waals surface area contributed by atoms with E-state index in [1.54, 1.807) is 36.2 Å². The molecule has 1 aliphatic rings. The van der Waals surface area contributed by atoms with Crippen LogP contribution in [0.5, 0.6) is 0 Å². The molecular formula is C13H18N4O2. The van der Waals surface area contributed by atoms with Gasteiger partial charge in [0.15, 0.2) is 0 Å². The fourth-order valence-corrected chi connectivity index (χ4v) is 1.97. The SMILES string of the molecule is CN(C(=O)CN1CCNC(=O)C1)c1ccc(N)cc1. The molecule has 2 rings (SSSR count). The second kappa shape index (κ2) is 5.71. The van der Waals surface area contributed by atoms with E-state index < -0.39 is 0 Å². The number of anilines is 2. The lowest BCUT2D eigenvalue weighted by molar-refractivity contribution is -0.125. The number of nitrogen functional groups attached to an aromatic ring is 1. The van der Waals surface area contributed by atoms with Gasteiger partial charge in [0.05, 0.1) is 13.1 Å². The minimum Gasteiger partial charge on any atom is -0.399 e. The fourth-order valence-electron chi connectivity index (χ4n) is 1.97. The van der Waals surface area contributed by atoms with Crippen molar-refractivity contribution in [2.45, 2.75) is 0 Å². The first-order chi connectivity index (χ1) is 9.06. The van der Waals surface area contributed by atoms with Gasteiger partial charge in [-0.2, -0.15) is 0 Å². The standard InChI is InChI=1S/C13H18N4O2/c1-16(11-4-2-10(14)3-5-11)13(19)9-17-7-6-15-12(18)8-17/h2-5H,6-9,14H2,1H3,(H,15,18). The van der Waals surface area contributed by atoms with Crippen LogP contribution in [0.15, 0.2) is 24.3 Å². The van der Waals surface area contributed by atoms with Gasteiger partial charge in [0.25, 0.3) is 0 Å². The average molecular weight is 262 g/mol. The highest BCUT2D eigenvalue weighted by Gasteiger charge is 2.20. The van der Waals surface area contributed by atoms with Crippen molar-refractivity contribution in [1.29, 1.82) is 0 Å². The first-order valence-corrected chi connectivity index (χ1v) is 6.17. The fraction of sp³-hybridized carbons (Fsp3) is 0.385. The third kappa shape index (κ3) is 3.45. The van der Waals surface area contributed by atoms with E-state index in [0.29, 0.717) is 18.8 Å². The Bertz CT molecular complexity index is 472. The zero-order valence-corrected chi connectivity index (χ0v) is 10.9. The van der Waals surface area contributed by atoms with Crippen molar-refractivity contribution in [3.63, 3.8) is 0 Å². The minimum absolute atomic E-state index is 0.0332. The molecule has 0 bridgehead atoms. The Kier molecular flexibility index (Phi) is 4.01. The van der Waals surface area contributed by atoms with Crippen LogP contribution in [0, 0.1) is 0 Å². The van der Waals surface area contributed by atoms with Crippen molar-refractivity contribution in [1.82, 2.24) is 10.2 Å².